The molecular weight excluding hydrogens is 540 g/mol. The Bertz CT molecular complexity index is 1310. The van der Waals surface area contributed by atoms with Crippen molar-refractivity contribution in [3.63, 3.8) is 0 Å². The van der Waals surface area contributed by atoms with Crippen LogP contribution in [-0.4, -0.2) is 67.2 Å². The largest absolute Gasteiger partial charge is 0.371 e. The first-order chi connectivity index (χ1) is 21.4. The topological polar surface area (TPSA) is 38.7 Å². The molecule has 6 heteroatoms. The molecule has 8 rings (SSSR count). The second-order valence-electron chi connectivity index (χ2n) is 15.8. The third-order valence-electron chi connectivity index (χ3n) is 13.7. The molecular formula is C38H56N6. The van der Waals surface area contributed by atoms with Gasteiger partial charge in [-0.25, -0.2) is 0 Å². The summed E-state index contributed by atoms with van der Waals surface area (Å²) < 4.78 is 0. The average molecular weight is 597 g/mol. The number of hydrogen-bond acceptors (Lipinski definition) is 6. The average Bonchev–Trinajstić information content (AvgIpc) is 3.82. The summed E-state index contributed by atoms with van der Waals surface area (Å²) in [4.78, 5) is 20.5. The van der Waals surface area contributed by atoms with Gasteiger partial charge in [0.2, 0.25) is 5.95 Å². The summed E-state index contributed by atoms with van der Waals surface area (Å²) in [5.74, 6) is 6.59. The molecule has 0 radical (unpaired) electrons. The van der Waals surface area contributed by atoms with Crippen LogP contribution in [0.2, 0.25) is 0 Å². The molecule has 7 aliphatic rings. The van der Waals surface area contributed by atoms with Gasteiger partial charge in [-0.1, -0.05) is 56.6 Å². The highest BCUT2D eigenvalue weighted by atomic mass is 15.4. The van der Waals surface area contributed by atoms with Crippen molar-refractivity contribution < 1.29 is 0 Å². The molecule has 0 bridgehead atoms. The lowest BCUT2D eigenvalue weighted by Crippen LogP contribution is -2.52. The monoisotopic (exact) mass is 596 g/mol. The molecule has 1 aromatic heterocycles. The van der Waals surface area contributed by atoms with Gasteiger partial charge in [-0.3, -0.25) is 0 Å². The Kier molecular flexibility index (Phi) is 7.29. The van der Waals surface area contributed by atoms with E-state index >= 15 is 0 Å². The summed E-state index contributed by atoms with van der Waals surface area (Å²) in [5, 5.41) is 0. The molecule has 6 nitrogen and oxygen atoms in total. The van der Waals surface area contributed by atoms with Gasteiger partial charge in [0, 0.05) is 69.5 Å². The third-order valence-corrected chi connectivity index (χ3v) is 13.7. The molecule has 0 N–H and O–H groups in total. The van der Waals surface area contributed by atoms with Crippen LogP contribution >= 0.6 is 0 Å². The van der Waals surface area contributed by atoms with E-state index in [1.807, 2.05) is 0 Å². The van der Waals surface area contributed by atoms with Crippen molar-refractivity contribution in [2.24, 2.45) is 34.5 Å². The van der Waals surface area contributed by atoms with E-state index in [1.165, 1.54) is 57.8 Å². The van der Waals surface area contributed by atoms with E-state index in [0.717, 1.165) is 100 Å². The van der Waals surface area contributed by atoms with Crippen molar-refractivity contribution in [2.45, 2.75) is 91.9 Å². The van der Waals surface area contributed by atoms with Crippen molar-refractivity contribution in [1.29, 1.82) is 0 Å². The fourth-order valence-electron chi connectivity index (χ4n) is 11.4. The first kappa shape index (κ1) is 28.9. The van der Waals surface area contributed by atoms with Gasteiger partial charge in [0.15, 0.2) is 0 Å². The zero-order valence-corrected chi connectivity index (χ0v) is 28.0. The summed E-state index contributed by atoms with van der Waals surface area (Å²) in [6.07, 6.45) is 20.8. The first-order valence-electron chi connectivity index (χ1n) is 18.4. The quantitative estimate of drug-likeness (QED) is 0.329. The third kappa shape index (κ3) is 4.47. The predicted molar refractivity (Wildman–Crippen MR) is 182 cm³/mol. The minimum Gasteiger partial charge on any atom is -0.371 e. The van der Waals surface area contributed by atoms with Crippen molar-refractivity contribution in [3.8, 4) is 0 Å². The molecule has 0 unspecified atom stereocenters. The van der Waals surface area contributed by atoms with Crippen LogP contribution in [0, 0.1) is 34.5 Å². The van der Waals surface area contributed by atoms with Gasteiger partial charge in [-0.15, -0.1) is 0 Å². The second kappa shape index (κ2) is 11.1. The van der Waals surface area contributed by atoms with Gasteiger partial charge in [-0.05, 0) is 93.8 Å². The minimum atomic E-state index is 0.0823. The lowest BCUT2D eigenvalue weighted by Gasteiger charge is -2.56. The van der Waals surface area contributed by atoms with E-state index in [9.17, 15) is 0 Å². The minimum absolute atomic E-state index is 0.0823. The summed E-state index contributed by atoms with van der Waals surface area (Å²) >= 11 is 0. The predicted octanol–water partition coefficient (Wildman–Crippen LogP) is 7.45. The summed E-state index contributed by atoms with van der Waals surface area (Å²) in [6, 6.07) is 2.30. The zero-order valence-electron chi connectivity index (χ0n) is 28.0. The molecule has 238 valence electrons. The fraction of sp³-hybridized carbons (Fsp3) is 0.737. The molecule has 3 aliphatic heterocycles. The van der Waals surface area contributed by atoms with Gasteiger partial charge in [-0.2, -0.15) is 9.97 Å². The van der Waals surface area contributed by atoms with Crippen LogP contribution in [0.25, 0.3) is 0 Å². The molecule has 3 saturated heterocycles. The molecule has 5 fully saturated rings. The lowest BCUT2D eigenvalue weighted by atomic mass is 9.51. The van der Waals surface area contributed by atoms with E-state index in [4.69, 9.17) is 9.97 Å². The highest BCUT2D eigenvalue weighted by molar-refractivity contribution is 5.57. The SMILES string of the molecule is CC[C@H]1[C@H](C)C[C@H]2[C@@H]3CCC4=CCC=C(N5CCN(c6cc(N7CCCC7)nc(N7CCCC7)n6)CC5)[C@]4(C)C3=CC[C@]12C. The Hall–Kier alpha value is -2.50. The summed E-state index contributed by atoms with van der Waals surface area (Å²) in [5.41, 5.74) is 5.69. The van der Waals surface area contributed by atoms with Crippen molar-refractivity contribution in [2.75, 3.05) is 67.1 Å². The Morgan fingerprint density at radius 3 is 2.11 bits per heavy atom. The summed E-state index contributed by atoms with van der Waals surface area (Å²) in [7, 11) is 0. The van der Waals surface area contributed by atoms with Crippen LogP contribution in [0.5, 0.6) is 0 Å². The van der Waals surface area contributed by atoms with Gasteiger partial charge in [0.1, 0.15) is 11.6 Å². The lowest BCUT2D eigenvalue weighted by molar-refractivity contribution is 0.0807. The van der Waals surface area contributed by atoms with Crippen LogP contribution in [0.4, 0.5) is 17.6 Å². The van der Waals surface area contributed by atoms with Gasteiger partial charge in [0.25, 0.3) is 0 Å². The molecule has 4 aliphatic carbocycles. The fourth-order valence-corrected chi connectivity index (χ4v) is 11.4. The maximum atomic E-state index is 5.20. The van der Waals surface area contributed by atoms with E-state index in [0.29, 0.717) is 5.41 Å². The van der Waals surface area contributed by atoms with Crippen LogP contribution < -0.4 is 14.7 Å². The number of rotatable bonds is 5. The highest BCUT2D eigenvalue weighted by Crippen LogP contribution is 2.66. The van der Waals surface area contributed by atoms with Crippen LogP contribution in [0.1, 0.15) is 91.9 Å². The molecule has 44 heavy (non-hydrogen) atoms. The van der Waals surface area contributed by atoms with E-state index in [-0.39, 0.29) is 5.41 Å². The molecule has 1 aromatic rings. The Morgan fingerprint density at radius 2 is 1.43 bits per heavy atom. The summed E-state index contributed by atoms with van der Waals surface area (Å²) in [6.45, 7) is 18.9. The Balaban J connectivity index is 1.04. The molecule has 0 spiro atoms. The van der Waals surface area contributed by atoms with Crippen molar-refractivity contribution in [1.82, 2.24) is 14.9 Å². The number of allylic oxidation sites excluding steroid dienone is 4. The smallest absolute Gasteiger partial charge is 0.229 e. The maximum absolute atomic E-state index is 5.20. The van der Waals surface area contributed by atoms with Crippen LogP contribution in [0.3, 0.4) is 0 Å². The normalized spacial score (nSPS) is 37.0. The van der Waals surface area contributed by atoms with Gasteiger partial charge >= 0.3 is 0 Å². The number of anilines is 3. The van der Waals surface area contributed by atoms with E-state index in [2.05, 4.69) is 71.6 Å². The Labute approximate surface area is 266 Å². The Morgan fingerprint density at radius 1 is 0.795 bits per heavy atom. The van der Waals surface area contributed by atoms with E-state index < -0.39 is 0 Å². The first-order valence-corrected chi connectivity index (χ1v) is 18.4. The molecule has 6 atom stereocenters. The zero-order chi connectivity index (χ0) is 30.1. The van der Waals surface area contributed by atoms with Crippen LogP contribution in [0.15, 0.2) is 41.1 Å². The molecule has 4 heterocycles. The number of fused-ring (bicyclic) bond motifs is 5. The number of piperazine rings is 1. The van der Waals surface area contributed by atoms with Crippen molar-refractivity contribution in [3.05, 3.63) is 41.1 Å². The van der Waals surface area contributed by atoms with Gasteiger partial charge < -0.3 is 19.6 Å². The highest BCUT2D eigenvalue weighted by Gasteiger charge is 2.58. The molecule has 0 amide bonds. The van der Waals surface area contributed by atoms with Crippen molar-refractivity contribution >= 4 is 17.6 Å². The van der Waals surface area contributed by atoms with Crippen LogP contribution in [-0.2, 0) is 0 Å². The molecule has 2 saturated carbocycles. The second-order valence-corrected chi connectivity index (χ2v) is 15.8. The van der Waals surface area contributed by atoms with Gasteiger partial charge in [0.05, 0.1) is 0 Å². The molecule has 0 aromatic carbocycles. The number of hydrogen-bond donors (Lipinski definition) is 0. The number of aromatic nitrogens is 2. The number of nitrogens with zero attached hydrogens (tertiary/aromatic N) is 6. The standard InChI is InChI=1S/C38H56N6/c1-5-30-27(2)25-32-29-14-13-28-11-10-12-33(38(28,4)31(29)15-16-37(30,32)3)41-21-23-43(24-22-41)35-26-34(42-17-6-7-18-42)39-36(40-35)44-19-8-9-20-44/h11-12,15,26-27,29-30,32H,5-10,13-14,16-25H2,1-4H3/t27-,29-,30+,32+,37-,38+/m1/s1. The van der Waals surface area contributed by atoms with E-state index in [1.54, 1.807) is 16.8 Å². The maximum Gasteiger partial charge on any atom is 0.229 e.